The summed E-state index contributed by atoms with van der Waals surface area (Å²) in [5, 5.41) is 0. The largest absolute Gasteiger partial charge is 0.422 e. The molecule has 0 unspecified atom stereocenters. The Morgan fingerprint density at radius 1 is 0.765 bits per heavy atom. The summed E-state index contributed by atoms with van der Waals surface area (Å²) in [5.74, 6) is 0. The maximum atomic E-state index is 12.0. The SMILES string of the molecule is FC(F)(F)/C=C(\C=C(/I)C(F)(F)F)C(F)(F)F. The average molecular weight is 384 g/mol. The van der Waals surface area contributed by atoms with Gasteiger partial charge in [0, 0.05) is 6.08 Å². The highest BCUT2D eigenvalue weighted by Gasteiger charge is 2.40. The smallest absolute Gasteiger partial charge is 0.167 e. The van der Waals surface area contributed by atoms with Crippen LogP contribution in [0.4, 0.5) is 39.5 Å². The third-order valence-electron chi connectivity index (χ3n) is 1.20. The fourth-order valence-electron chi connectivity index (χ4n) is 0.600. The molecule has 0 aliphatic carbocycles. The quantitative estimate of drug-likeness (QED) is 0.342. The molecule has 0 N–H and O–H groups in total. The standard InChI is InChI=1S/C7H2F9I/c8-5(9,10)2-3(6(11,12)13)1-4(17)7(14,15)16/h1-2H/b3-2+,4-1-. The highest BCUT2D eigenvalue weighted by atomic mass is 127. The van der Waals surface area contributed by atoms with Gasteiger partial charge in [0.15, 0.2) is 0 Å². The van der Waals surface area contributed by atoms with Crippen LogP contribution in [0.15, 0.2) is 21.3 Å². The van der Waals surface area contributed by atoms with Crippen LogP contribution < -0.4 is 0 Å². The van der Waals surface area contributed by atoms with Crippen molar-refractivity contribution in [2.75, 3.05) is 0 Å². The molecule has 0 amide bonds. The van der Waals surface area contributed by atoms with Gasteiger partial charge in [-0.2, -0.15) is 39.5 Å². The maximum absolute atomic E-state index is 12.0. The lowest BCUT2D eigenvalue weighted by Gasteiger charge is -2.11. The van der Waals surface area contributed by atoms with E-state index >= 15 is 0 Å². The van der Waals surface area contributed by atoms with Gasteiger partial charge in [0.05, 0.1) is 9.15 Å². The zero-order valence-corrected chi connectivity index (χ0v) is 9.59. The van der Waals surface area contributed by atoms with Gasteiger partial charge < -0.3 is 0 Å². The molecule has 0 spiro atoms. The molecule has 0 aliphatic heterocycles. The van der Waals surface area contributed by atoms with Crippen molar-refractivity contribution in [3.8, 4) is 0 Å². The normalized spacial score (nSPS) is 16.4. The lowest BCUT2D eigenvalue weighted by molar-refractivity contribution is -0.105. The minimum absolute atomic E-state index is 0.483. The van der Waals surface area contributed by atoms with Crippen LogP contribution in [0.1, 0.15) is 0 Å². The van der Waals surface area contributed by atoms with E-state index < -0.39 is 39.8 Å². The predicted octanol–water partition coefficient (Wildman–Crippen LogP) is 4.92. The molecular weight excluding hydrogens is 382 g/mol. The van der Waals surface area contributed by atoms with E-state index in [-0.39, 0.29) is 0 Å². The van der Waals surface area contributed by atoms with Crippen LogP contribution in [0.5, 0.6) is 0 Å². The molecule has 0 aromatic rings. The second-order valence-electron chi connectivity index (χ2n) is 2.63. The van der Waals surface area contributed by atoms with Crippen molar-refractivity contribution in [3.63, 3.8) is 0 Å². The fourth-order valence-corrected chi connectivity index (χ4v) is 0.936. The van der Waals surface area contributed by atoms with Gasteiger partial charge in [-0.3, -0.25) is 0 Å². The van der Waals surface area contributed by atoms with Crippen molar-refractivity contribution < 1.29 is 39.5 Å². The molecule has 100 valence electrons. The van der Waals surface area contributed by atoms with Crippen molar-refractivity contribution in [3.05, 3.63) is 21.3 Å². The van der Waals surface area contributed by atoms with Crippen LogP contribution in [0.25, 0.3) is 0 Å². The summed E-state index contributed by atoms with van der Waals surface area (Å²) < 4.78 is 105. The van der Waals surface area contributed by atoms with E-state index in [2.05, 4.69) is 0 Å². The first kappa shape index (κ1) is 16.6. The molecule has 0 atom stereocenters. The first-order valence-corrected chi connectivity index (χ1v) is 4.62. The van der Waals surface area contributed by atoms with Crippen LogP contribution in [-0.4, -0.2) is 18.5 Å². The summed E-state index contributed by atoms with van der Waals surface area (Å²) in [7, 11) is 0. The van der Waals surface area contributed by atoms with Gasteiger partial charge in [0.1, 0.15) is 0 Å². The maximum Gasteiger partial charge on any atom is 0.422 e. The molecule has 10 heteroatoms. The van der Waals surface area contributed by atoms with Gasteiger partial charge in [-0.1, -0.05) is 0 Å². The Morgan fingerprint density at radius 2 is 1.18 bits per heavy atom. The molecule has 0 aliphatic rings. The second kappa shape index (κ2) is 5.06. The van der Waals surface area contributed by atoms with Crippen LogP contribution in [0.2, 0.25) is 0 Å². The molecule has 0 fully saturated rings. The summed E-state index contributed by atoms with van der Waals surface area (Å²) in [4.78, 5) is 0. The molecule has 0 aromatic heterocycles. The summed E-state index contributed by atoms with van der Waals surface area (Å²) in [6, 6.07) is 0. The summed E-state index contributed by atoms with van der Waals surface area (Å²) in [6.45, 7) is 0. The molecule has 0 bridgehead atoms. The van der Waals surface area contributed by atoms with Gasteiger partial charge in [0.2, 0.25) is 0 Å². The molecule has 0 saturated heterocycles. The fraction of sp³-hybridized carbons (Fsp3) is 0.429. The Bertz CT molecular complexity index is 327. The molecular formula is C7H2F9I. The summed E-state index contributed by atoms with van der Waals surface area (Å²) in [6.07, 6.45) is -17.8. The van der Waals surface area contributed by atoms with Gasteiger partial charge in [0.25, 0.3) is 0 Å². The predicted molar refractivity (Wildman–Crippen MR) is 48.4 cm³/mol. The molecule has 0 aromatic carbocycles. The van der Waals surface area contributed by atoms with E-state index in [4.69, 9.17) is 0 Å². The van der Waals surface area contributed by atoms with Crippen LogP contribution in [-0.2, 0) is 0 Å². The number of rotatable bonds is 1. The molecule has 17 heavy (non-hydrogen) atoms. The highest BCUT2D eigenvalue weighted by molar-refractivity contribution is 14.1. The van der Waals surface area contributed by atoms with E-state index in [0.29, 0.717) is 22.6 Å². The van der Waals surface area contributed by atoms with Crippen molar-refractivity contribution >= 4 is 22.6 Å². The van der Waals surface area contributed by atoms with Gasteiger partial charge in [-0.15, -0.1) is 0 Å². The first-order valence-electron chi connectivity index (χ1n) is 3.54. The van der Waals surface area contributed by atoms with Crippen LogP contribution in [0.3, 0.4) is 0 Å². The Hall–Kier alpha value is -0.420. The first-order chi connectivity index (χ1) is 7.23. The van der Waals surface area contributed by atoms with Crippen LogP contribution in [0, 0.1) is 0 Å². The van der Waals surface area contributed by atoms with Gasteiger partial charge in [-0.05, 0) is 28.7 Å². The lowest BCUT2D eigenvalue weighted by Crippen LogP contribution is -2.16. The van der Waals surface area contributed by atoms with Crippen LogP contribution >= 0.6 is 22.6 Å². The van der Waals surface area contributed by atoms with E-state index in [1.807, 2.05) is 0 Å². The Kier molecular flexibility index (Phi) is 4.94. The minimum Gasteiger partial charge on any atom is -0.167 e. The van der Waals surface area contributed by atoms with Crippen molar-refractivity contribution in [1.29, 1.82) is 0 Å². The number of hydrogen-bond donors (Lipinski definition) is 0. The molecule has 0 radical (unpaired) electrons. The average Bonchev–Trinajstić information content (AvgIpc) is 1.96. The Morgan fingerprint density at radius 3 is 1.41 bits per heavy atom. The third kappa shape index (κ3) is 6.78. The van der Waals surface area contributed by atoms with Crippen molar-refractivity contribution in [2.24, 2.45) is 0 Å². The lowest BCUT2D eigenvalue weighted by atomic mass is 10.2. The summed E-state index contributed by atoms with van der Waals surface area (Å²) in [5.41, 5.74) is -2.41. The highest BCUT2D eigenvalue weighted by Crippen LogP contribution is 2.37. The Labute approximate surface area is 102 Å². The van der Waals surface area contributed by atoms with Crippen molar-refractivity contribution in [1.82, 2.24) is 0 Å². The monoisotopic (exact) mass is 384 g/mol. The Balaban J connectivity index is 5.49. The number of alkyl halides is 9. The second-order valence-corrected chi connectivity index (χ2v) is 3.79. The van der Waals surface area contributed by atoms with Crippen molar-refractivity contribution in [2.45, 2.75) is 18.5 Å². The molecule has 0 rings (SSSR count). The number of hydrogen-bond acceptors (Lipinski definition) is 0. The van der Waals surface area contributed by atoms with E-state index in [1.54, 1.807) is 0 Å². The zero-order chi connectivity index (χ0) is 14.1. The minimum atomic E-state index is -5.52. The molecule has 0 saturated carbocycles. The van der Waals surface area contributed by atoms with E-state index in [0.717, 1.165) is 0 Å². The zero-order valence-electron chi connectivity index (χ0n) is 7.43. The van der Waals surface area contributed by atoms with E-state index in [9.17, 15) is 39.5 Å². The van der Waals surface area contributed by atoms with Gasteiger partial charge in [-0.25, -0.2) is 0 Å². The van der Waals surface area contributed by atoms with Gasteiger partial charge >= 0.3 is 18.5 Å². The summed E-state index contributed by atoms with van der Waals surface area (Å²) >= 11 is 0.483. The molecule has 0 nitrogen and oxygen atoms in total. The number of halogens is 10. The third-order valence-corrected chi connectivity index (χ3v) is 2.12. The number of allylic oxidation sites excluding steroid dienone is 4. The molecule has 0 heterocycles. The topological polar surface area (TPSA) is 0 Å². The van der Waals surface area contributed by atoms with E-state index in [1.165, 1.54) is 0 Å².